The van der Waals surface area contributed by atoms with E-state index in [-0.39, 0.29) is 22.4 Å². The average Bonchev–Trinajstić information content (AvgIpc) is 2.63. The van der Waals surface area contributed by atoms with Crippen LogP contribution in [0.2, 0.25) is 0 Å². The molecular formula is C19H28N2O5S. The number of benzene rings is 1. The van der Waals surface area contributed by atoms with Gasteiger partial charge >= 0.3 is 5.97 Å². The molecule has 0 aliphatic heterocycles. The van der Waals surface area contributed by atoms with Gasteiger partial charge in [-0.3, -0.25) is 4.79 Å². The SMILES string of the molecule is CC(OC(=O)c1cccc(S(=O)(=O)N(C)C)c1)C(=O)NC1CCCCC1C. The molecule has 1 saturated carbocycles. The first kappa shape index (κ1) is 21.4. The molecule has 27 heavy (non-hydrogen) atoms. The second kappa shape index (κ2) is 8.84. The molecule has 1 fully saturated rings. The summed E-state index contributed by atoms with van der Waals surface area (Å²) >= 11 is 0. The van der Waals surface area contributed by atoms with Crippen LogP contribution in [0.4, 0.5) is 0 Å². The Hall–Kier alpha value is -1.93. The normalized spacial score (nSPS) is 21.5. The van der Waals surface area contributed by atoms with Gasteiger partial charge in [0.2, 0.25) is 10.0 Å². The minimum atomic E-state index is -3.66. The number of carbonyl (C=O) groups is 2. The number of nitrogens with one attached hydrogen (secondary N) is 1. The van der Waals surface area contributed by atoms with E-state index in [0.717, 1.165) is 23.6 Å². The summed E-state index contributed by atoms with van der Waals surface area (Å²) in [5.74, 6) is -0.664. The van der Waals surface area contributed by atoms with Crippen molar-refractivity contribution in [2.24, 2.45) is 5.92 Å². The standard InChI is InChI=1S/C19H28N2O5S/c1-13-8-5-6-11-17(13)20-18(22)14(2)26-19(23)15-9-7-10-16(12-15)27(24,25)21(3)4/h7,9-10,12-14,17H,5-6,8,11H2,1-4H3,(H,20,22). The van der Waals surface area contributed by atoms with E-state index in [1.807, 2.05) is 0 Å². The van der Waals surface area contributed by atoms with Gasteiger partial charge in [0.15, 0.2) is 6.10 Å². The van der Waals surface area contributed by atoms with Crippen LogP contribution in [0.3, 0.4) is 0 Å². The maximum Gasteiger partial charge on any atom is 0.338 e. The van der Waals surface area contributed by atoms with Gasteiger partial charge in [-0.15, -0.1) is 0 Å². The van der Waals surface area contributed by atoms with Crippen LogP contribution >= 0.6 is 0 Å². The van der Waals surface area contributed by atoms with Crippen LogP contribution in [0.25, 0.3) is 0 Å². The van der Waals surface area contributed by atoms with Crippen molar-refractivity contribution in [2.45, 2.75) is 56.6 Å². The summed E-state index contributed by atoms with van der Waals surface area (Å²) in [5.41, 5.74) is 0.0867. The van der Waals surface area contributed by atoms with Crippen molar-refractivity contribution in [1.29, 1.82) is 0 Å². The molecule has 150 valence electrons. The number of ether oxygens (including phenoxy) is 1. The highest BCUT2D eigenvalue weighted by Crippen LogP contribution is 2.24. The monoisotopic (exact) mass is 396 g/mol. The predicted octanol–water partition coefficient (Wildman–Crippen LogP) is 2.18. The van der Waals surface area contributed by atoms with Gasteiger partial charge < -0.3 is 10.1 Å². The highest BCUT2D eigenvalue weighted by molar-refractivity contribution is 7.89. The van der Waals surface area contributed by atoms with Crippen LogP contribution in [0, 0.1) is 5.92 Å². The molecule has 0 spiro atoms. The number of hydrogen-bond donors (Lipinski definition) is 1. The van der Waals surface area contributed by atoms with Gasteiger partial charge in [0.05, 0.1) is 10.5 Å². The third-order valence-corrected chi connectivity index (χ3v) is 6.75. The van der Waals surface area contributed by atoms with Crippen LogP contribution in [-0.2, 0) is 19.6 Å². The lowest BCUT2D eigenvalue weighted by molar-refractivity contribution is -0.130. The maximum atomic E-state index is 12.4. The summed E-state index contributed by atoms with van der Waals surface area (Å²) in [7, 11) is -0.825. The Morgan fingerprint density at radius 2 is 1.89 bits per heavy atom. The van der Waals surface area contributed by atoms with Crippen LogP contribution < -0.4 is 5.32 Å². The number of sulfonamides is 1. The van der Waals surface area contributed by atoms with Crippen molar-refractivity contribution in [3.05, 3.63) is 29.8 Å². The second-order valence-corrected chi connectivity index (χ2v) is 9.39. The van der Waals surface area contributed by atoms with Crippen molar-refractivity contribution in [2.75, 3.05) is 14.1 Å². The molecule has 3 atom stereocenters. The summed E-state index contributed by atoms with van der Waals surface area (Å²) in [6.07, 6.45) is 3.30. The van der Waals surface area contributed by atoms with Gasteiger partial charge in [0.25, 0.3) is 5.91 Å². The predicted molar refractivity (Wildman–Crippen MR) is 102 cm³/mol. The second-order valence-electron chi connectivity index (χ2n) is 7.24. The van der Waals surface area contributed by atoms with Gasteiger partial charge in [0.1, 0.15) is 0 Å². The molecule has 3 unspecified atom stereocenters. The van der Waals surface area contributed by atoms with Crippen molar-refractivity contribution in [3.8, 4) is 0 Å². The number of rotatable bonds is 6. The summed E-state index contributed by atoms with van der Waals surface area (Å²) < 4.78 is 30.7. The molecule has 1 amide bonds. The van der Waals surface area contributed by atoms with Crippen molar-refractivity contribution in [3.63, 3.8) is 0 Å². The fourth-order valence-electron chi connectivity index (χ4n) is 3.11. The van der Waals surface area contributed by atoms with E-state index in [1.165, 1.54) is 51.7 Å². The van der Waals surface area contributed by atoms with E-state index in [4.69, 9.17) is 4.74 Å². The van der Waals surface area contributed by atoms with E-state index < -0.39 is 22.1 Å². The Kier molecular flexibility index (Phi) is 7.00. The van der Waals surface area contributed by atoms with Crippen molar-refractivity contribution >= 4 is 21.9 Å². The van der Waals surface area contributed by atoms with Gasteiger partial charge in [-0.25, -0.2) is 17.5 Å². The summed E-state index contributed by atoms with van der Waals surface area (Å²) in [6.45, 7) is 3.62. The molecule has 1 aromatic carbocycles. The summed E-state index contributed by atoms with van der Waals surface area (Å²) in [4.78, 5) is 24.7. The summed E-state index contributed by atoms with van der Waals surface area (Å²) in [5, 5.41) is 2.96. The largest absolute Gasteiger partial charge is 0.449 e. The van der Waals surface area contributed by atoms with E-state index in [2.05, 4.69) is 12.2 Å². The van der Waals surface area contributed by atoms with Crippen molar-refractivity contribution < 1.29 is 22.7 Å². The van der Waals surface area contributed by atoms with Crippen molar-refractivity contribution in [1.82, 2.24) is 9.62 Å². The van der Waals surface area contributed by atoms with Crippen LogP contribution in [-0.4, -0.2) is 50.8 Å². The lowest BCUT2D eigenvalue weighted by Crippen LogP contribution is -2.46. The van der Waals surface area contributed by atoms with Gasteiger partial charge in [-0.05, 0) is 43.9 Å². The van der Waals surface area contributed by atoms with E-state index >= 15 is 0 Å². The molecule has 0 saturated heterocycles. The molecule has 1 aliphatic carbocycles. The molecule has 0 aromatic heterocycles. The van der Waals surface area contributed by atoms with E-state index in [1.54, 1.807) is 0 Å². The molecule has 1 aromatic rings. The molecule has 7 nitrogen and oxygen atoms in total. The number of hydrogen-bond acceptors (Lipinski definition) is 5. The quantitative estimate of drug-likeness (QED) is 0.744. The minimum absolute atomic E-state index is 0.00455. The maximum absolute atomic E-state index is 12.4. The highest BCUT2D eigenvalue weighted by Gasteiger charge is 2.27. The molecule has 1 aliphatic rings. The smallest absolute Gasteiger partial charge is 0.338 e. The Morgan fingerprint density at radius 3 is 2.52 bits per heavy atom. The third-order valence-electron chi connectivity index (χ3n) is 4.94. The van der Waals surface area contributed by atoms with E-state index in [9.17, 15) is 18.0 Å². The topological polar surface area (TPSA) is 92.8 Å². The van der Waals surface area contributed by atoms with Crippen LogP contribution in [0.15, 0.2) is 29.2 Å². The Morgan fingerprint density at radius 1 is 1.22 bits per heavy atom. The molecule has 1 N–H and O–H groups in total. The van der Waals surface area contributed by atoms with Gasteiger partial charge in [0, 0.05) is 20.1 Å². The first-order chi connectivity index (χ1) is 12.6. The first-order valence-corrected chi connectivity index (χ1v) is 10.6. The third kappa shape index (κ3) is 5.29. The van der Waals surface area contributed by atoms with Crippen LogP contribution in [0.1, 0.15) is 49.9 Å². The Bertz CT molecular complexity index is 791. The fourth-order valence-corrected chi connectivity index (χ4v) is 4.06. The van der Waals surface area contributed by atoms with Gasteiger partial charge in [-0.2, -0.15) is 0 Å². The first-order valence-electron chi connectivity index (χ1n) is 9.17. The molecule has 0 heterocycles. The zero-order chi connectivity index (χ0) is 20.2. The van der Waals surface area contributed by atoms with E-state index in [0.29, 0.717) is 5.92 Å². The molecular weight excluding hydrogens is 368 g/mol. The number of amides is 1. The number of carbonyl (C=O) groups excluding carboxylic acids is 2. The summed E-state index contributed by atoms with van der Waals surface area (Å²) in [6, 6.07) is 5.70. The molecule has 8 heteroatoms. The Balaban J connectivity index is 2.03. The number of esters is 1. The van der Waals surface area contributed by atoms with Crippen LogP contribution in [0.5, 0.6) is 0 Å². The average molecular weight is 397 g/mol. The highest BCUT2D eigenvalue weighted by atomic mass is 32.2. The number of nitrogens with zero attached hydrogens (tertiary/aromatic N) is 1. The fraction of sp³-hybridized carbons (Fsp3) is 0.579. The molecule has 2 rings (SSSR count). The van der Waals surface area contributed by atoms with Gasteiger partial charge in [-0.1, -0.05) is 25.8 Å². The minimum Gasteiger partial charge on any atom is -0.449 e. The molecule has 0 bridgehead atoms. The lowest BCUT2D eigenvalue weighted by atomic mass is 9.86. The lowest BCUT2D eigenvalue weighted by Gasteiger charge is -2.30. The Labute approximate surface area is 161 Å². The zero-order valence-electron chi connectivity index (χ0n) is 16.3. The molecule has 0 radical (unpaired) electrons. The zero-order valence-corrected chi connectivity index (χ0v) is 17.1.